The van der Waals surface area contributed by atoms with Crippen LogP contribution < -0.4 is 9.64 Å². The first-order valence-electron chi connectivity index (χ1n) is 24.6. The van der Waals surface area contributed by atoms with E-state index in [1.807, 2.05) is 24.3 Å². The first-order chi connectivity index (χ1) is 34.1. The highest BCUT2D eigenvalue weighted by Gasteiger charge is 2.84. The van der Waals surface area contributed by atoms with Gasteiger partial charge in [-0.3, -0.25) is 0 Å². The van der Waals surface area contributed by atoms with E-state index in [0.29, 0.717) is 17.5 Å². The fourth-order valence-corrected chi connectivity index (χ4v) is 13.6. The predicted octanol–water partition coefficient (Wildman–Crippen LogP) is 16.4. The van der Waals surface area contributed by atoms with Crippen LogP contribution in [0.2, 0.25) is 0 Å². The fraction of sp³-hybridized carbons (Fsp3) is 0.141. The summed E-state index contributed by atoms with van der Waals surface area (Å²) >= 11 is 0. The Kier molecular flexibility index (Phi) is 8.41. The van der Waals surface area contributed by atoms with Gasteiger partial charge < -0.3 is 9.64 Å². The van der Waals surface area contributed by atoms with Crippen LogP contribution in [0.3, 0.4) is 0 Å². The lowest BCUT2D eigenvalue weighted by Crippen LogP contribution is -2.82. The van der Waals surface area contributed by atoms with Crippen molar-refractivity contribution >= 4 is 27.8 Å². The molecule has 5 aliphatic rings. The summed E-state index contributed by atoms with van der Waals surface area (Å²) in [6.45, 7) is 0. The number of hydrogen-bond acceptors (Lipinski definition) is 5. The predicted molar refractivity (Wildman–Crippen MR) is 278 cm³/mol. The zero-order chi connectivity index (χ0) is 45.2. The summed E-state index contributed by atoms with van der Waals surface area (Å²) in [5.74, 6) is 8.20. The Morgan fingerprint density at radius 3 is 1.51 bits per heavy atom. The molecular formula is C64H46N4O. The van der Waals surface area contributed by atoms with E-state index in [9.17, 15) is 0 Å². The van der Waals surface area contributed by atoms with Gasteiger partial charge in [0.25, 0.3) is 0 Å². The van der Waals surface area contributed by atoms with Crippen LogP contribution in [-0.2, 0) is 0 Å². The molecule has 15 rings (SSSR count). The molecule has 0 saturated heterocycles. The zero-order valence-electron chi connectivity index (χ0n) is 37.9. The molecule has 2 heterocycles. The lowest BCUT2D eigenvalue weighted by atomic mass is 9.15. The van der Waals surface area contributed by atoms with Crippen molar-refractivity contribution in [1.29, 1.82) is 0 Å². The SMILES string of the molecule is c1ccc(-c2ccc(-c3nc(-c4cc(-c5ccc(C6C7CC8CC9CC6C897)cc5)cc(-c5ccc(N6c7ccccc7Oc7ccccc76)cc5)c4)nc(-c4ccc5ccccc5c4)n3)cc2)cc1. The minimum Gasteiger partial charge on any atom is -0.453 e. The summed E-state index contributed by atoms with van der Waals surface area (Å²) in [6.07, 6.45) is 4.39. The summed E-state index contributed by atoms with van der Waals surface area (Å²) in [6, 6.07) is 75.8. The molecule has 4 unspecified atom stereocenters. The van der Waals surface area contributed by atoms with Gasteiger partial charge >= 0.3 is 0 Å². The van der Waals surface area contributed by atoms with Crippen molar-refractivity contribution in [3.8, 4) is 79.0 Å². The van der Waals surface area contributed by atoms with E-state index in [4.69, 9.17) is 19.7 Å². The van der Waals surface area contributed by atoms with E-state index in [0.717, 1.165) is 108 Å². The summed E-state index contributed by atoms with van der Waals surface area (Å²) in [5.41, 5.74) is 15.0. The molecule has 1 aliphatic heterocycles. The van der Waals surface area contributed by atoms with Gasteiger partial charge in [-0.05, 0) is 165 Å². The lowest BCUT2D eigenvalue weighted by molar-refractivity contribution is -0.390. The van der Waals surface area contributed by atoms with E-state index in [1.54, 1.807) is 0 Å². The molecule has 0 bridgehead atoms. The first-order valence-corrected chi connectivity index (χ1v) is 24.6. The van der Waals surface area contributed by atoms with Crippen LogP contribution in [-0.4, -0.2) is 15.0 Å². The summed E-state index contributed by atoms with van der Waals surface area (Å²) in [7, 11) is 0. The number of anilines is 3. The van der Waals surface area contributed by atoms with Gasteiger partial charge in [0.2, 0.25) is 0 Å². The minimum absolute atomic E-state index is 0.632. The molecule has 10 aromatic rings. The van der Waals surface area contributed by atoms with Crippen molar-refractivity contribution in [3.63, 3.8) is 0 Å². The third-order valence-corrected chi connectivity index (χ3v) is 16.8. The van der Waals surface area contributed by atoms with Gasteiger partial charge in [0.15, 0.2) is 29.0 Å². The van der Waals surface area contributed by atoms with Gasteiger partial charge in [0, 0.05) is 22.4 Å². The van der Waals surface area contributed by atoms with Crippen LogP contribution in [0.25, 0.3) is 78.3 Å². The third-order valence-electron chi connectivity index (χ3n) is 16.8. The number of benzene rings is 9. The number of nitrogens with zero attached hydrogens (tertiary/aromatic N) is 4. The highest BCUT2D eigenvalue weighted by atomic mass is 16.5. The maximum atomic E-state index is 6.35. The van der Waals surface area contributed by atoms with Crippen LogP contribution in [0, 0.1) is 29.1 Å². The summed E-state index contributed by atoms with van der Waals surface area (Å²) in [4.78, 5) is 18.1. The van der Waals surface area contributed by atoms with Gasteiger partial charge in [-0.2, -0.15) is 0 Å². The standard InChI is InChI=1S/C64H46N4O/c1-2-10-39(11-3-1)41-20-25-45(26-21-41)61-65-62(47-27-22-40-12-4-5-13-46(40)32-47)67-63(66-61)50-34-48(42-18-23-44(24-19-42)60-54-37-51-36-52-38-55(60)64(51,52)54)33-49(35-50)43-28-30-53(31-29-43)68-56-14-6-8-16-58(56)69-59-17-9-7-15-57(59)68/h1-35,51-52,54-55,60H,36-38H2. The van der Waals surface area contributed by atoms with Gasteiger partial charge in [-0.1, -0.05) is 152 Å². The Morgan fingerprint density at radius 1 is 0.377 bits per heavy atom. The van der Waals surface area contributed by atoms with E-state index in [2.05, 4.69) is 193 Å². The van der Waals surface area contributed by atoms with Crippen LogP contribution in [0.1, 0.15) is 30.7 Å². The van der Waals surface area contributed by atoms with Crippen molar-refractivity contribution in [3.05, 3.63) is 218 Å². The van der Waals surface area contributed by atoms with Crippen molar-refractivity contribution in [1.82, 2.24) is 15.0 Å². The molecule has 69 heavy (non-hydrogen) atoms. The Balaban J connectivity index is 0.857. The van der Waals surface area contributed by atoms with Crippen molar-refractivity contribution in [2.45, 2.75) is 25.2 Å². The number of para-hydroxylation sites is 4. The van der Waals surface area contributed by atoms with Crippen LogP contribution >= 0.6 is 0 Å². The topological polar surface area (TPSA) is 51.1 Å². The normalized spacial score (nSPS) is 22.0. The minimum atomic E-state index is 0.632. The molecule has 4 saturated carbocycles. The number of ether oxygens (including phenoxy) is 1. The second kappa shape index (κ2) is 14.9. The maximum absolute atomic E-state index is 6.35. The Labute approximate surface area is 401 Å². The molecule has 0 amide bonds. The second-order valence-electron chi connectivity index (χ2n) is 20.0. The zero-order valence-corrected chi connectivity index (χ0v) is 37.9. The number of fused-ring (bicyclic) bond motifs is 3. The molecule has 328 valence electrons. The molecule has 9 aromatic carbocycles. The molecule has 1 aromatic heterocycles. The monoisotopic (exact) mass is 886 g/mol. The Morgan fingerprint density at radius 2 is 0.855 bits per heavy atom. The number of aromatic nitrogens is 3. The average molecular weight is 887 g/mol. The molecule has 0 radical (unpaired) electrons. The van der Waals surface area contributed by atoms with Crippen LogP contribution in [0.4, 0.5) is 17.1 Å². The first kappa shape index (κ1) is 38.9. The average Bonchev–Trinajstić information content (AvgIpc) is 3.40. The summed E-state index contributed by atoms with van der Waals surface area (Å²) < 4.78 is 6.35. The molecule has 1 spiro atoms. The van der Waals surface area contributed by atoms with Gasteiger partial charge in [0.1, 0.15) is 0 Å². The highest BCUT2D eigenvalue weighted by Crippen LogP contribution is 2.91. The molecule has 4 aliphatic carbocycles. The van der Waals surface area contributed by atoms with E-state index in [-0.39, 0.29) is 0 Å². The molecule has 5 heteroatoms. The van der Waals surface area contributed by atoms with E-state index >= 15 is 0 Å². The van der Waals surface area contributed by atoms with Gasteiger partial charge in [-0.15, -0.1) is 0 Å². The maximum Gasteiger partial charge on any atom is 0.164 e. The molecule has 4 atom stereocenters. The quantitative estimate of drug-likeness (QED) is 0.152. The second-order valence-corrected chi connectivity index (χ2v) is 20.0. The molecule has 5 nitrogen and oxygen atoms in total. The van der Waals surface area contributed by atoms with Crippen molar-refractivity contribution < 1.29 is 4.74 Å². The lowest BCUT2D eigenvalue weighted by Gasteiger charge is -2.89. The molecule has 0 N–H and O–H groups in total. The van der Waals surface area contributed by atoms with E-state index < -0.39 is 0 Å². The Hall–Kier alpha value is -8.15. The largest absolute Gasteiger partial charge is 0.453 e. The van der Waals surface area contributed by atoms with Crippen LogP contribution in [0.15, 0.2) is 212 Å². The van der Waals surface area contributed by atoms with Crippen molar-refractivity contribution in [2.24, 2.45) is 29.1 Å². The van der Waals surface area contributed by atoms with E-state index in [1.165, 1.54) is 41.3 Å². The van der Waals surface area contributed by atoms with Crippen LogP contribution in [0.5, 0.6) is 11.5 Å². The van der Waals surface area contributed by atoms with Gasteiger partial charge in [0.05, 0.1) is 11.4 Å². The smallest absolute Gasteiger partial charge is 0.164 e. The highest BCUT2D eigenvalue weighted by molar-refractivity contribution is 5.89. The number of rotatable bonds is 8. The Bertz CT molecular complexity index is 3590. The molecule has 4 fully saturated rings. The van der Waals surface area contributed by atoms with Crippen molar-refractivity contribution in [2.75, 3.05) is 4.90 Å². The fourth-order valence-electron chi connectivity index (χ4n) is 13.6. The number of hydrogen-bond donors (Lipinski definition) is 0. The summed E-state index contributed by atoms with van der Waals surface area (Å²) in [5, 5.41) is 2.32. The van der Waals surface area contributed by atoms with Gasteiger partial charge in [-0.25, -0.2) is 15.0 Å². The molecular weight excluding hydrogens is 841 g/mol. The third kappa shape index (κ3) is 5.93.